The third-order valence-electron chi connectivity index (χ3n) is 4.95. The zero-order chi connectivity index (χ0) is 14.5. The second-order valence-electron chi connectivity index (χ2n) is 6.50. The van der Waals surface area contributed by atoms with E-state index in [-0.39, 0.29) is 0 Å². The Morgan fingerprint density at radius 2 is 2.00 bits per heavy atom. The maximum absolute atomic E-state index is 4.46. The molecule has 1 saturated carbocycles. The standard InChI is InChI=1S/C16H30N4/c1-5-13-6-8-14(9-7-13)15(17-4)10-16-18-11-19-20(16)12(2)3/h11-15,17H,5-10H2,1-4H3. The summed E-state index contributed by atoms with van der Waals surface area (Å²) >= 11 is 0. The monoisotopic (exact) mass is 278 g/mol. The van der Waals surface area contributed by atoms with Crippen LogP contribution in [0.3, 0.4) is 0 Å². The van der Waals surface area contributed by atoms with Gasteiger partial charge in [-0.1, -0.05) is 26.2 Å². The van der Waals surface area contributed by atoms with Gasteiger partial charge in [0.05, 0.1) is 0 Å². The van der Waals surface area contributed by atoms with Gasteiger partial charge in [0.1, 0.15) is 12.2 Å². The molecule has 0 saturated heterocycles. The molecule has 1 fully saturated rings. The van der Waals surface area contributed by atoms with E-state index in [4.69, 9.17) is 0 Å². The van der Waals surface area contributed by atoms with E-state index in [0.29, 0.717) is 12.1 Å². The first-order valence-electron chi connectivity index (χ1n) is 8.21. The molecular formula is C16H30N4. The molecular weight excluding hydrogens is 248 g/mol. The van der Waals surface area contributed by atoms with E-state index in [0.717, 1.165) is 24.1 Å². The zero-order valence-electron chi connectivity index (χ0n) is 13.5. The molecule has 0 radical (unpaired) electrons. The third-order valence-corrected chi connectivity index (χ3v) is 4.95. The quantitative estimate of drug-likeness (QED) is 0.869. The average molecular weight is 278 g/mol. The lowest BCUT2D eigenvalue weighted by atomic mass is 9.77. The summed E-state index contributed by atoms with van der Waals surface area (Å²) in [6.45, 7) is 6.66. The number of hydrogen-bond donors (Lipinski definition) is 1. The van der Waals surface area contributed by atoms with Crippen molar-refractivity contribution in [3.05, 3.63) is 12.2 Å². The van der Waals surface area contributed by atoms with E-state index in [1.807, 2.05) is 0 Å². The number of rotatable bonds is 6. The fourth-order valence-corrected chi connectivity index (χ4v) is 3.55. The minimum atomic E-state index is 0.390. The number of likely N-dealkylation sites (N-methyl/N-ethyl adjacent to an activating group) is 1. The summed E-state index contributed by atoms with van der Waals surface area (Å²) < 4.78 is 2.06. The van der Waals surface area contributed by atoms with Crippen LogP contribution in [0.5, 0.6) is 0 Å². The summed E-state index contributed by atoms with van der Waals surface area (Å²) in [6.07, 6.45) is 9.55. The predicted molar refractivity (Wildman–Crippen MR) is 82.7 cm³/mol. The molecule has 0 spiro atoms. The lowest BCUT2D eigenvalue weighted by Crippen LogP contribution is -2.38. The van der Waals surface area contributed by atoms with Crippen LogP contribution in [0.15, 0.2) is 6.33 Å². The van der Waals surface area contributed by atoms with Gasteiger partial charge in [-0.05, 0) is 45.6 Å². The highest BCUT2D eigenvalue weighted by Gasteiger charge is 2.27. The Bertz CT molecular complexity index is 391. The van der Waals surface area contributed by atoms with Crippen molar-refractivity contribution in [1.82, 2.24) is 20.1 Å². The van der Waals surface area contributed by atoms with E-state index >= 15 is 0 Å². The average Bonchev–Trinajstić information content (AvgIpc) is 2.93. The molecule has 0 aliphatic heterocycles. The molecule has 0 aromatic carbocycles. The van der Waals surface area contributed by atoms with E-state index in [1.54, 1.807) is 6.33 Å². The fraction of sp³-hybridized carbons (Fsp3) is 0.875. The maximum Gasteiger partial charge on any atom is 0.138 e. The van der Waals surface area contributed by atoms with Crippen LogP contribution in [-0.4, -0.2) is 27.9 Å². The minimum absolute atomic E-state index is 0.390. The third kappa shape index (κ3) is 3.60. The Balaban J connectivity index is 1.97. The lowest BCUT2D eigenvalue weighted by molar-refractivity contribution is 0.219. The Kier molecular flexibility index (Phi) is 5.58. The summed E-state index contributed by atoms with van der Waals surface area (Å²) in [6, 6.07) is 0.926. The number of hydrogen-bond acceptors (Lipinski definition) is 3. The molecule has 0 amide bonds. The lowest BCUT2D eigenvalue weighted by Gasteiger charge is -2.33. The highest BCUT2D eigenvalue weighted by molar-refractivity contribution is 4.94. The van der Waals surface area contributed by atoms with Crippen molar-refractivity contribution in [3.63, 3.8) is 0 Å². The van der Waals surface area contributed by atoms with Gasteiger partial charge >= 0.3 is 0 Å². The van der Waals surface area contributed by atoms with Crippen molar-refractivity contribution in [2.75, 3.05) is 7.05 Å². The molecule has 114 valence electrons. The normalized spacial score (nSPS) is 25.1. The van der Waals surface area contributed by atoms with E-state index in [2.05, 4.69) is 47.9 Å². The van der Waals surface area contributed by atoms with Crippen molar-refractivity contribution >= 4 is 0 Å². The molecule has 1 aromatic heterocycles. The fourth-order valence-electron chi connectivity index (χ4n) is 3.55. The van der Waals surface area contributed by atoms with E-state index in [1.165, 1.54) is 32.1 Å². The summed E-state index contributed by atoms with van der Waals surface area (Å²) in [5.74, 6) is 2.88. The van der Waals surface area contributed by atoms with Gasteiger partial charge in [0.2, 0.25) is 0 Å². The first-order valence-corrected chi connectivity index (χ1v) is 8.21. The van der Waals surface area contributed by atoms with Gasteiger partial charge in [-0.25, -0.2) is 9.67 Å². The zero-order valence-corrected chi connectivity index (χ0v) is 13.5. The van der Waals surface area contributed by atoms with Gasteiger partial charge in [-0.15, -0.1) is 0 Å². The first kappa shape index (κ1) is 15.5. The summed E-state index contributed by atoms with van der Waals surface area (Å²) in [7, 11) is 2.09. The van der Waals surface area contributed by atoms with Crippen LogP contribution in [0.25, 0.3) is 0 Å². The van der Waals surface area contributed by atoms with Crippen molar-refractivity contribution in [2.24, 2.45) is 11.8 Å². The Morgan fingerprint density at radius 1 is 1.30 bits per heavy atom. The van der Waals surface area contributed by atoms with E-state index in [9.17, 15) is 0 Å². The second kappa shape index (κ2) is 7.21. The molecule has 1 unspecified atom stereocenters. The topological polar surface area (TPSA) is 42.7 Å². The van der Waals surface area contributed by atoms with Gasteiger partial charge in [0, 0.05) is 18.5 Å². The molecule has 1 aromatic rings. The Labute approximate surface area is 123 Å². The Hall–Kier alpha value is -0.900. The molecule has 2 rings (SSSR count). The molecule has 1 aliphatic rings. The van der Waals surface area contributed by atoms with E-state index < -0.39 is 0 Å². The van der Waals surface area contributed by atoms with Crippen LogP contribution in [0.4, 0.5) is 0 Å². The van der Waals surface area contributed by atoms with Gasteiger partial charge < -0.3 is 5.32 Å². The van der Waals surface area contributed by atoms with Crippen LogP contribution in [-0.2, 0) is 6.42 Å². The molecule has 20 heavy (non-hydrogen) atoms. The highest BCUT2D eigenvalue weighted by Crippen LogP contribution is 2.33. The van der Waals surface area contributed by atoms with Crippen molar-refractivity contribution in [1.29, 1.82) is 0 Å². The molecule has 4 heteroatoms. The van der Waals surface area contributed by atoms with Gasteiger partial charge in [-0.3, -0.25) is 0 Å². The molecule has 4 nitrogen and oxygen atoms in total. The second-order valence-corrected chi connectivity index (χ2v) is 6.50. The number of nitrogens with zero attached hydrogens (tertiary/aromatic N) is 3. The van der Waals surface area contributed by atoms with Gasteiger partial charge in [-0.2, -0.15) is 5.10 Å². The smallest absolute Gasteiger partial charge is 0.138 e. The molecule has 0 bridgehead atoms. The summed E-state index contributed by atoms with van der Waals surface area (Å²) in [4.78, 5) is 4.46. The van der Waals surface area contributed by atoms with Crippen molar-refractivity contribution in [3.8, 4) is 0 Å². The van der Waals surface area contributed by atoms with Crippen molar-refractivity contribution in [2.45, 2.75) is 71.4 Å². The molecule has 1 aliphatic carbocycles. The van der Waals surface area contributed by atoms with Crippen LogP contribution in [0.2, 0.25) is 0 Å². The first-order chi connectivity index (χ1) is 9.65. The number of nitrogens with one attached hydrogen (secondary N) is 1. The molecule has 1 atom stereocenters. The minimum Gasteiger partial charge on any atom is -0.316 e. The summed E-state index contributed by atoms with van der Waals surface area (Å²) in [5, 5.41) is 7.88. The molecule has 1 heterocycles. The van der Waals surface area contributed by atoms with Crippen LogP contribution in [0, 0.1) is 11.8 Å². The van der Waals surface area contributed by atoms with Crippen LogP contribution >= 0.6 is 0 Å². The summed E-state index contributed by atoms with van der Waals surface area (Å²) in [5.41, 5.74) is 0. The van der Waals surface area contributed by atoms with Crippen molar-refractivity contribution < 1.29 is 0 Å². The predicted octanol–water partition coefficient (Wildman–Crippen LogP) is 3.21. The van der Waals surface area contributed by atoms with Crippen LogP contribution < -0.4 is 5.32 Å². The highest BCUT2D eigenvalue weighted by atomic mass is 15.3. The molecule has 1 N–H and O–H groups in total. The SMILES string of the molecule is CCC1CCC(C(Cc2ncnn2C(C)C)NC)CC1. The van der Waals surface area contributed by atoms with Gasteiger partial charge in [0.15, 0.2) is 0 Å². The van der Waals surface area contributed by atoms with Gasteiger partial charge in [0.25, 0.3) is 0 Å². The van der Waals surface area contributed by atoms with Crippen LogP contribution in [0.1, 0.15) is 64.7 Å². The largest absolute Gasteiger partial charge is 0.316 e. The number of aromatic nitrogens is 3. The maximum atomic E-state index is 4.46. The Morgan fingerprint density at radius 3 is 2.55 bits per heavy atom.